The normalized spacial score (nSPS) is 12.1. The molecule has 0 saturated carbocycles. The average Bonchev–Trinajstić information content (AvgIpc) is 3.06. The number of aromatic nitrogens is 3. The minimum Gasteiger partial charge on any atom is -0.481 e. The highest BCUT2D eigenvalue weighted by atomic mass is 32.1. The summed E-state index contributed by atoms with van der Waals surface area (Å²) in [6.07, 6.45) is 1.27. The Bertz CT molecular complexity index is 553. The molecule has 2 aromatic heterocycles. The van der Waals surface area contributed by atoms with Crippen molar-refractivity contribution in [2.24, 2.45) is 5.92 Å². The van der Waals surface area contributed by atoms with E-state index < -0.39 is 11.9 Å². The molecular formula is C11H12N4O3S. The molecule has 0 aliphatic heterocycles. The van der Waals surface area contributed by atoms with Gasteiger partial charge in [0.15, 0.2) is 0 Å². The Balaban J connectivity index is 2.25. The highest BCUT2D eigenvalue weighted by Gasteiger charge is 2.25. The second-order valence-corrected chi connectivity index (χ2v) is 4.89. The number of carboxylic acid groups (broad SMARTS) is 1. The fraction of sp³-hybridized carbons (Fsp3) is 0.273. The summed E-state index contributed by atoms with van der Waals surface area (Å²) in [5.74, 6) is -1.72. The molecule has 7 nitrogen and oxygen atoms in total. The lowest BCUT2D eigenvalue weighted by Crippen LogP contribution is -2.37. The van der Waals surface area contributed by atoms with Crippen LogP contribution in [0.5, 0.6) is 0 Å². The first kappa shape index (κ1) is 13.2. The molecule has 2 heterocycles. The van der Waals surface area contributed by atoms with Crippen molar-refractivity contribution >= 4 is 29.2 Å². The fourth-order valence-electron chi connectivity index (χ4n) is 1.48. The summed E-state index contributed by atoms with van der Waals surface area (Å²) in [6, 6.07) is 3.44. The summed E-state index contributed by atoms with van der Waals surface area (Å²) in [5.41, 5.74) is 0. The number of hydrogen-bond acceptors (Lipinski definition) is 5. The van der Waals surface area contributed by atoms with Crippen molar-refractivity contribution in [3.05, 3.63) is 28.7 Å². The van der Waals surface area contributed by atoms with Crippen LogP contribution in [0.3, 0.4) is 0 Å². The quantitative estimate of drug-likeness (QED) is 0.858. The van der Waals surface area contributed by atoms with Crippen LogP contribution in [0.1, 0.15) is 16.6 Å². The van der Waals surface area contributed by atoms with E-state index in [1.165, 1.54) is 29.5 Å². The number of aliphatic carboxylic acids is 1. The van der Waals surface area contributed by atoms with Crippen LogP contribution >= 0.6 is 11.3 Å². The molecule has 1 unspecified atom stereocenters. The maximum absolute atomic E-state index is 12.3. The molecule has 2 N–H and O–H groups in total. The number of carbonyl (C=O) groups is 2. The average molecular weight is 280 g/mol. The number of carboxylic acids is 1. The largest absolute Gasteiger partial charge is 0.481 e. The van der Waals surface area contributed by atoms with E-state index in [9.17, 15) is 9.59 Å². The molecule has 100 valence electrons. The van der Waals surface area contributed by atoms with Crippen molar-refractivity contribution < 1.29 is 14.7 Å². The monoisotopic (exact) mass is 280 g/mol. The number of amides is 1. The van der Waals surface area contributed by atoms with Gasteiger partial charge in [0.2, 0.25) is 5.95 Å². The fourth-order valence-corrected chi connectivity index (χ4v) is 2.15. The zero-order chi connectivity index (χ0) is 13.8. The molecule has 2 aromatic rings. The lowest BCUT2D eigenvalue weighted by atomic mass is 10.1. The number of nitrogens with one attached hydrogen (secondary N) is 1. The van der Waals surface area contributed by atoms with Crippen LogP contribution < -0.4 is 4.90 Å². The summed E-state index contributed by atoms with van der Waals surface area (Å²) >= 11 is 1.29. The van der Waals surface area contributed by atoms with Crippen LogP contribution in [0, 0.1) is 5.92 Å². The van der Waals surface area contributed by atoms with E-state index in [0.717, 1.165) is 0 Å². The van der Waals surface area contributed by atoms with Gasteiger partial charge in [0.05, 0.1) is 10.8 Å². The molecule has 8 heteroatoms. The molecular weight excluding hydrogens is 268 g/mol. The van der Waals surface area contributed by atoms with Gasteiger partial charge in [-0.05, 0) is 11.4 Å². The Labute approximate surface area is 112 Å². The first-order valence-corrected chi connectivity index (χ1v) is 6.41. The van der Waals surface area contributed by atoms with E-state index >= 15 is 0 Å². The molecule has 0 spiro atoms. The van der Waals surface area contributed by atoms with Crippen LogP contribution in [-0.2, 0) is 4.79 Å². The molecule has 0 fully saturated rings. The first-order chi connectivity index (χ1) is 9.09. The van der Waals surface area contributed by atoms with Crippen LogP contribution in [0.4, 0.5) is 5.95 Å². The number of anilines is 1. The minimum absolute atomic E-state index is 0.0290. The lowest BCUT2D eigenvalue weighted by Gasteiger charge is -2.20. The number of carbonyl (C=O) groups excluding carboxylic acids is 1. The van der Waals surface area contributed by atoms with Crippen LogP contribution in [0.2, 0.25) is 0 Å². The molecule has 1 atom stereocenters. The minimum atomic E-state index is -0.969. The van der Waals surface area contributed by atoms with Gasteiger partial charge in [-0.25, -0.2) is 5.10 Å². The zero-order valence-electron chi connectivity index (χ0n) is 10.1. The zero-order valence-corrected chi connectivity index (χ0v) is 10.9. The summed E-state index contributed by atoms with van der Waals surface area (Å²) in [5, 5.41) is 17.0. The van der Waals surface area contributed by atoms with Gasteiger partial charge in [-0.1, -0.05) is 13.0 Å². The topological polar surface area (TPSA) is 99.2 Å². The van der Waals surface area contributed by atoms with Gasteiger partial charge in [-0.3, -0.25) is 14.5 Å². The molecule has 0 bridgehead atoms. The van der Waals surface area contributed by atoms with Crippen molar-refractivity contribution in [1.82, 2.24) is 15.2 Å². The first-order valence-electron chi connectivity index (χ1n) is 5.53. The maximum atomic E-state index is 12.3. The number of thiophene rings is 1. The van der Waals surface area contributed by atoms with E-state index in [0.29, 0.717) is 4.88 Å². The van der Waals surface area contributed by atoms with Gasteiger partial charge in [-0.15, -0.1) is 11.3 Å². The second kappa shape index (κ2) is 5.61. The molecule has 0 aliphatic rings. The molecule has 19 heavy (non-hydrogen) atoms. The Kier molecular flexibility index (Phi) is 3.91. The maximum Gasteiger partial charge on any atom is 0.308 e. The number of aromatic amines is 1. The summed E-state index contributed by atoms with van der Waals surface area (Å²) in [7, 11) is 0. The molecule has 1 amide bonds. The predicted octanol–water partition coefficient (Wildman–Crippen LogP) is 1.23. The molecule has 0 saturated heterocycles. The molecule has 0 aliphatic carbocycles. The smallest absolute Gasteiger partial charge is 0.308 e. The number of rotatable bonds is 5. The van der Waals surface area contributed by atoms with Crippen LogP contribution in [0.15, 0.2) is 23.8 Å². The third-order valence-corrected chi connectivity index (χ3v) is 3.37. The SMILES string of the molecule is CC(CN(C(=O)c1cccs1)c1ncn[nH]1)C(=O)O. The van der Waals surface area contributed by atoms with E-state index in [1.54, 1.807) is 17.5 Å². The van der Waals surface area contributed by atoms with Crippen molar-refractivity contribution in [2.45, 2.75) is 6.92 Å². The molecule has 0 radical (unpaired) electrons. The van der Waals surface area contributed by atoms with Crippen molar-refractivity contribution in [1.29, 1.82) is 0 Å². The molecule has 2 rings (SSSR count). The summed E-state index contributed by atoms with van der Waals surface area (Å²) < 4.78 is 0. The second-order valence-electron chi connectivity index (χ2n) is 3.94. The third kappa shape index (κ3) is 2.97. The number of H-pyrrole nitrogens is 1. The summed E-state index contributed by atoms with van der Waals surface area (Å²) in [6.45, 7) is 1.56. The van der Waals surface area contributed by atoms with Gasteiger partial charge < -0.3 is 5.11 Å². The third-order valence-electron chi connectivity index (χ3n) is 2.51. The van der Waals surface area contributed by atoms with Gasteiger partial charge in [0, 0.05) is 6.54 Å². The van der Waals surface area contributed by atoms with Gasteiger partial charge in [-0.2, -0.15) is 10.1 Å². The van der Waals surface area contributed by atoms with Gasteiger partial charge >= 0.3 is 5.97 Å². The highest BCUT2D eigenvalue weighted by Crippen LogP contribution is 2.17. The van der Waals surface area contributed by atoms with Crippen LogP contribution in [0.25, 0.3) is 0 Å². The van der Waals surface area contributed by atoms with E-state index in [-0.39, 0.29) is 18.4 Å². The van der Waals surface area contributed by atoms with Crippen molar-refractivity contribution in [2.75, 3.05) is 11.4 Å². The Morgan fingerprint density at radius 3 is 2.89 bits per heavy atom. The number of nitrogens with zero attached hydrogens (tertiary/aromatic N) is 3. The molecule has 0 aromatic carbocycles. The standard InChI is InChI=1S/C11H12N4O3S/c1-7(10(17)18)5-15(11-12-6-13-14-11)9(16)8-3-2-4-19-8/h2-4,6-7H,5H2,1H3,(H,17,18)(H,12,13,14). The summed E-state index contributed by atoms with van der Waals surface area (Å²) in [4.78, 5) is 29.0. The lowest BCUT2D eigenvalue weighted by molar-refractivity contribution is -0.140. The van der Waals surface area contributed by atoms with E-state index in [2.05, 4.69) is 15.2 Å². The van der Waals surface area contributed by atoms with Crippen molar-refractivity contribution in [3.8, 4) is 0 Å². The predicted molar refractivity (Wildman–Crippen MR) is 69.2 cm³/mol. The van der Waals surface area contributed by atoms with E-state index in [1.807, 2.05) is 0 Å². The Morgan fingerprint density at radius 2 is 2.37 bits per heavy atom. The van der Waals surface area contributed by atoms with Crippen molar-refractivity contribution in [3.63, 3.8) is 0 Å². The Morgan fingerprint density at radius 1 is 1.58 bits per heavy atom. The van der Waals surface area contributed by atoms with Gasteiger partial charge in [0.1, 0.15) is 6.33 Å². The van der Waals surface area contributed by atoms with E-state index in [4.69, 9.17) is 5.11 Å². The van der Waals surface area contributed by atoms with Crippen LogP contribution in [-0.4, -0.2) is 38.7 Å². The van der Waals surface area contributed by atoms with Gasteiger partial charge in [0.25, 0.3) is 5.91 Å². The Hall–Kier alpha value is -2.22. The number of hydrogen-bond donors (Lipinski definition) is 2. The highest BCUT2D eigenvalue weighted by molar-refractivity contribution is 7.12.